The van der Waals surface area contributed by atoms with Crippen molar-refractivity contribution in [3.05, 3.63) is 35.9 Å². The number of hydrogen-bond acceptors (Lipinski definition) is 2. The molecule has 2 nitrogen and oxygen atoms in total. The lowest BCUT2D eigenvalue weighted by atomic mass is 10.1. The Bertz CT molecular complexity index is 293. The Hall–Kier alpha value is -0.860. The molecule has 2 rings (SSSR count). The first-order chi connectivity index (χ1) is 8.45. The number of aryl methyl sites for hydroxylation is 1. The van der Waals surface area contributed by atoms with Crippen molar-refractivity contribution < 1.29 is 4.74 Å². The van der Waals surface area contributed by atoms with E-state index in [9.17, 15) is 0 Å². The van der Waals surface area contributed by atoms with Crippen molar-refractivity contribution in [2.75, 3.05) is 19.8 Å². The zero-order valence-corrected chi connectivity index (χ0v) is 10.5. The molecule has 1 heterocycles. The fourth-order valence-electron chi connectivity index (χ4n) is 2.31. The highest BCUT2D eigenvalue weighted by atomic mass is 16.5. The highest BCUT2D eigenvalue weighted by Gasteiger charge is 2.11. The summed E-state index contributed by atoms with van der Waals surface area (Å²) in [6.07, 6.45) is 6.20. The molecule has 0 radical (unpaired) electrons. The Balaban J connectivity index is 1.51. The number of nitrogens with one attached hydrogen (secondary N) is 1. The second-order valence-electron chi connectivity index (χ2n) is 4.81. The molecular weight excluding hydrogens is 210 g/mol. The molecule has 2 heteroatoms. The first kappa shape index (κ1) is 12.6. The van der Waals surface area contributed by atoms with E-state index in [4.69, 9.17) is 4.74 Å². The van der Waals surface area contributed by atoms with Crippen LogP contribution in [0.15, 0.2) is 30.3 Å². The SMILES string of the molecule is c1ccc(CCCOCC2CCCCN2)cc1. The van der Waals surface area contributed by atoms with Crippen LogP contribution >= 0.6 is 0 Å². The van der Waals surface area contributed by atoms with E-state index in [0.29, 0.717) is 6.04 Å². The summed E-state index contributed by atoms with van der Waals surface area (Å²) in [5, 5.41) is 3.50. The van der Waals surface area contributed by atoms with Crippen LogP contribution in [-0.4, -0.2) is 25.8 Å². The lowest BCUT2D eigenvalue weighted by Crippen LogP contribution is -2.37. The van der Waals surface area contributed by atoms with Gasteiger partial charge in [-0.05, 0) is 37.8 Å². The minimum atomic E-state index is 0.598. The normalized spacial score (nSPS) is 20.4. The van der Waals surface area contributed by atoms with Crippen molar-refractivity contribution in [2.45, 2.75) is 38.1 Å². The molecule has 17 heavy (non-hydrogen) atoms. The number of piperidine rings is 1. The van der Waals surface area contributed by atoms with Crippen molar-refractivity contribution in [1.82, 2.24) is 5.32 Å². The standard InChI is InChI=1S/C15H23NO/c1-2-7-14(8-3-1)9-6-12-17-13-15-10-4-5-11-16-15/h1-3,7-8,15-16H,4-6,9-13H2. The predicted molar refractivity (Wildman–Crippen MR) is 71.2 cm³/mol. The average Bonchev–Trinajstić information content (AvgIpc) is 2.41. The Kier molecular flexibility index (Phi) is 5.53. The van der Waals surface area contributed by atoms with Crippen LogP contribution in [0, 0.1) is 0 Å². The van der Waals surface area contributed by atoms with Gasteiger partial charge in [0.25, 0.3) is 0 Å². The van der Waals surface area contributed by atoms with Gasteiger partial charge in [-0.25, -0.2) is 0 Å². The highest BCUT2D eigenvalue weighted by Crippen LogP contribution is 2.07. The zero-order valence-electron chi connectivity index (χ0n) is 10.5. The van der Waals surface area contributed by atoms with Gasteiger partial charge in [0, 0.05) is 12.6 Å². The second-order valence-corrected chi connectivity index (χ2v) is 4.81. The van der Waals surface area contributed by atoms with Crippen LogP contribution < -0.4 is 5.32 Å². The van der Waals surface area contributed by atoms with Gasteiger partial charge >= 0.3 is 0 Å². The third-order valence-corrected chi connectivity index (χ3v) is 3.33. The summed E-state index contributed by atoms with van der Waals surface area (Å²) in [5.41, 5.74) is 1.41. The molecule has 0 spiro atoms. The Morgan fingerprint density at radius 1 is 1.18 bits per heavy atom. The van der Waals surface area contributed by atoms with Crippen molar-refractivity contribution in [3.8, 4) is 0 Å². The number of hydrogen-bond donors (Lipinski definition) is 1. The first-order valence-electron chi connectivity index (χ1n) is 6.80. The van der Waals surface area contributed by atoms with Crippen LogP contribution in [0.3, 0.4) is 0 Å². The smallest absolute Gasteiger partial charge is 0.0619 e. The number of ether oxygens (including phenoxy) is 1. The first-order valence-corrected chi connectivity index (χ1v) is 6.80. The van der Waals surface area contributed by atoms with Crippen LogP contribution in [0.25, 0.3) is 0 Å². The number of benzene rings is 1. The quantitative estimate of drug-likeness (QED) is 0.763. The van der Waals surface area contributed by atoms with E-state index >= 15 is 0 Å². The van der Waals surface area contributed by atoms with Crippen molar-refractivity contribution in [3.63, 3.8) is 0 Å². The Labute approximate surface area is 104 Å². The minimum absolute atomic E-state index is 0.598. The van der Waals surface area contributed by atoms with Crippen LogP contribution in [0.5, 0.6) is 0 Å². The van der Waals surface area contributed by atoms with Gasteiger partial charge in [-0.2, -0.15) is 0 Å². The molecule has 0 amide bonds. The molecule has 0 aromatic heterocycles. The monoisotopic (exact) mass is 233 g/mol. The molecule has 1 fully saturated rings. The van der Waals surface area contributed by atoms with E-state index in [0.717, 1.165) is 32.6 Å². The molecule has 0 saturated carbocycles. The summed E-state index contributed by atoms with van der Waals surface area (Å²) >= 11 is 0. The summed E-state index contributed by atoms with van der Waals surface area (Å²) in [7, 11) is 0. The molecule has 1 unspecified atom stereocenters. The zero-order chi connectivity index (χ0) is 11.8. The van der Waals surface area contributed by atoms with E-state index in [2.05, 4.69) is 35.6 Å². The van der Waals surface area contributed by atoms with Gasteiger partial charge < -0.3 is 10.1 Å². The third-order valence-electron chi connectivity index (χ3n) is 3.33. The molecule has 1 aromatic rings. The molecule has 1 aliphatic rings. The van der Waals surface area contributed by atoms with Gasteiger partial charge in [-0.3, -0.25) is 0 Å². The topological polar surface area (TPSA) is 21.3 Å². The lowest BCUT2D eigenvalue weighted by molar-refractivity contribution is 0.101. The molecule has 1 aliphatic heterocycles. The van der Waals surface area contributed by atoms with Gasteiger partial charge in [0.15, 0.2) is 0 Å². The average molecular weight is 233 g/mol. The molecule has 1 atom stereocenters. The van der Waals surface area contributed by atoms with Crippen LogP contribution in [-0.2, 0) is 11.2 Å². The molecule has 94 valence electrons. The maximum absolute atomic E-state index is 5.73. The summed E-state index contributed by atoms with van der Waals surface area (Å²) < 4.78 is 5.73. The summed E-state index contributed by atoms with van der Waals surface area (Å²) in [4.78, 5) is 0. The summed E-state index contributed by atoms with van der Waals surface area (Å²) in [5.74, 6) is 0. The summed E-state index contributed by atoms with van der Waals surface area (Å²) in [6.45, 7) is 2.93. The molecular formula is C15H23NO. The Morgan fingerprint density at radius 2 is 2.06 bits per heavy atom. The number of rotatable bonds is 6. The van der Waals surface area contributed by atoms with Gasteiger partial charge in [-0.1, -0.05) is 36.8 Å². The van der Waals surface area contributed by atoms with Gasteiger partial charge in [0.05, 0.1) is 6.61 Å². The maximum atomic E-state index is 5.73. The fraction of sp³-hybridized carbons (Fsp3) is 0.600. The largest absolute Gasteiger partial charge is 0.380 e. The van der Waals surface area contributed by atoms with Crippen LogP contribution in [0.2, 0.25) is 0 Å². The van der Waals surface area contributed by atoms with Crippen molar-refractivity contribution in [2.24, 2.45) is 0 Å². The van der Waals surface area contributed by atoms with Crippen molar-refractivity contribution in [1.29, 1.82) is 0 Å². The van der Waals surface area contributed by atoms with Gasteiger partial charge in [0.2, 0.25) is 0 Å². The molecule has 0 bridgehead atoms. The lowest BCUT2D eigenvalue weighted by Gasteiger charge is -2.23. The Morgan fingerprint density at radius 3 is 2.82 bits per heavy atom. The van der Waals surface area contributed by atoms with E-state index in [-0.39, 0.29) is 0 Å². The van der Waals surface area contributed by atoms with E-state index < -0.39 is 0 Å². The van der Waals surface area contributed by atoms with E-state index in [1.165, 1.54) is 24.8 Å². The molecule has 0 aliphatic carbocycles. The highest BCUT2D eigenvalue weighted by molar-refractivity contribution is 5.14. The fourth-order valence-corrected chi connectivity index (χ4v) is 2.31. The second kappa shape index (κ2) is 7.46. The van der Waals surface area contributed by atoms with Crippen LogP contribution in [0.1, 0.15) is 31.2 Å². The van der Waals surface area contributed by atoms with Crippen molar-refractivity contribution >= 4 is 0 Å². The van der Waals surface area contributed by atoms with E-state index in [1.807, 2.05) is 0 Å². The maximum Gasteiger partial charge on any atom is 0.0619 e. The summed E-state index contributed by atoms with van der Waals surface area (Å²) in [6, 6.07) is 11.2. The predicted octanol–water partition coefficient (Wildman–Crippen LogP) is 2.78. The molecule has 1 aromatic carbocycles. The molecule has 1 N–H and O–H groups in total. The third kappa shape index (κ3) is 4.88. The van der Waals surface area contributed by atoms with Crippen LogP contribution in [0.4, 0.5) is 0 Å². The van der Waals surface area contributed by atoms with Gasteiger partial charge in [0.1, 0.15) is 0 Å². The molecule has 1 saturated heterocycles. The van der Waals surface area contributed by atoms with E-state index in [1.54, 1.807) is 0 Å². The van der Waals surface area contributed by atoms with Gasteiger partial charge in [-0.15, -0.1) is 0 Å². The minimum Gasteiger partial charge on any atom is -0.380 e.